The SMILES string of the molecule is CNC(C)c1ccc(N2CCSCC2C)c(Cl)c1. The summed E-state index contributed by atoms with van der Waals surface area (Å²) in [6, 6.07) is 7.33. The fourth-order valence-corrected chi connectivity index (χ4v) is 3.59. The molecule has 1 aromatic carbocycles. The van der Waals surface area contributed by atoms with Gasteiger partial charge in [0.2, 0.25) is 0 Å². The van der Waals surface area contributed by atoms with Crippen molar-refractivity contribution in [1.29, 1.82) is 0 Å². The van der Waals surface area contributed by atoms with Crippen molar-refractivity contribution in [1.82, 2.24) is 5.32 Å². The van der Waals surface area contributed by atoms with Crippen molar-refractivity contribution in [3.05, 3.63) is 28.8 Å². The molecule has 0 saturated carbocycles. The number of nitrogens with one attached hydrogen (secondary N) is 1. The summed E-state index contributed by atoms with van der Waals surface area (Å²) in [5.41, 5.74) is 2.42. The third kappa shape index (κ3) is 2.95. The first kappa shape index (κ1) is 14.0. The molecule has 0 aliphatic carbocycles. The van der Waals surface area contributed by atoms with Gasteiger partial charge in [-0.15, -0.1) is 0 Å². The van der Waals surface area contributed by atoms with E-state index in [2.05, 4.69) is 42.3 Å². The Morgan fingerprint density at radius 3 is 2.89 bits per heavy atom. The molecule has 2 rings (SSSR count). The number of thioether (sulfide) groups is 1. The molecular weight excluding hydrogens is 264 g/mol. The monoisotopic (exact) mass is 284 g/mol. The predicted molar refractivity (Wildman–Crippen MR) is 83.1 cm³/mol. The van der Waals surface area contributed by atoms with Crippen molar-refractivity contribution in [2.45, 2.75) is 25.9 Å². The van der Waals surface area contributed by atoms with Crippen LogP contribution in [-0.4, -0.2) is 31.1 Å². The van der Waals surface area contributed by atoms with Gasteiger partial charge in [0.1, 0.15) is 0 Å². The Bertz CT molecular complexity index is 411. The molecule has 1 aromatic rings. The van der Waals surface area contributed by atoms with Gasteiger partial charge in [0.05, 0.1) is 10.7 Å². The number of hydrogen-bond donors (Lipinski definition) is 1. The Labute approximate surface area is 119 Å². The second kappa shape index (κ2) is 6.18. The number of nitrogens with zero attached hydrogens (tertiary/aromatic N) is 1. The zero-order valence-corrected chi connectivity index (χ0v) is 12.8. The van der Waals surface area contributed by atoms with E-state index in [0.29, 0.717) is 12.1 Å². The minimum absolute atomic E-state index is 0.339. The van der Waals surface area contributed by atoms with Gasteiger partial charge in [-0.3, -0.25) is 0 Å². The van der Waals surface area contributed by atoms with Gasteiger partial charge in [0, 0.05) is 30.1 Å². The molecule has 0 amide bonds. The number of anilines is 1. The molecule has 4 heteroatoms. The summed E-state index contributed by atoms with van der Waals surface area (Å²) in [7, 11) is 1.97. The number of hydrogen-bond acceptors (Lipinski definition) is 3. The highest BCUT2D eigenvalue weighted by atomic mass is 35.5. The zero-order valence-electron chi connectivity index (χ0n) is 11.2. The highest BCUT2D eigenvalue weighted by Gasteiger charge is 2.21. The summed E-state index contributed by atoms with van der Waals surface area (Å²) >= 11 is 8.48. The van der Waals surface area contributed by atoms with Gasteiger partial charge >= 0.3 is 0 Å². The maximum atomic E-state index is 6.45. The van der Waals surface area contributed by atoms with Crippen molar-refractivity contribution in [3.63, 3.8) is 0 Å². The van der Waals surface area contributed by atoms with Gasteiger partial charge in [-0.25, -0.2) is 0 Å². The van der Waals surface area contributed by atoms with Crippen LogP contribution in [0.25, 0.3) is 0 Å². The highest BCUT2D eigenvalue weighted by molar-refractivity contribution is 7.99. The minimum atomic E-state index is 0.339. The smallest absolute Gasteiger partial charge is 0.0643 e. The highest BCUT2D eigenvalue weighted by Crippen LogP contribution is 2.32. The molecule has 1 N–H and O–H groups in total. The average molecular weight is 285 g/mol. The number of rotatable bonds is 3. The molecule has 2 atom stereocenters. The quantitative estimate of drug-likeness (QED) is 0.914. The zero-order chi connectivity index (χ0) is 13.1. The van der Waals surface area contributed by atoms with Crippen molar-refractivity contribution in [3.8, 4) is 0 Å². The second-order valence-corrected chi connectivity index (χ2v) is 6.40. The molecule has 2 nitrogen and oxygen atoms in total. The molecule has 0 bridgehead atoms. The maximum absolute atomic E-state index is 6.45. The summed E-state index contributed by atoms with van der Waals surface area (Å²) in [4.78, 5) is 2.42. The number of halogens is 1. The Hall–Kier alpha value is -0.380. The van der Waals surface area contributed by atoms with Gasteiger partial charge in [-0.05, 0) is 38.6 Å². The van der Waals surface area contributed by atoms with E-state index >= 15 is 0 Å². The van der Waals surface area contributed by atoms with E-state index in [-0.39, 0.29) is 0 Å². The van der Waals surface area contributed by atoms with Crippen molar-refractivity contribution >= 4 is 29.1 Å². The van der Waals surface area contributed by atoms with Crippen LogP contribution in [0.5, 0.6) is 0 Å². The van der Waals surface area contributed by atoms with Crippen LogP contribution in [0.2, 0.25) is 5.02 Å². The fraction of sp³-hybridized carbons (Fsp3) is 0.571. The lowest BCUT2D eigenvalue weighted by Crippen LogP contribution is -2.40. The first-order valence-corrected chi connectivity index (χ1v) is 7.98. The normalized spacial score (nSPS) is 22.0. The third-order valence-electron chi connectivity index (χ3n) is 3.58. The van der Waals surface area contributed by atoms with Crippen LogP contribution < -0.4 is 10.2 Å². The Balaban J connectivity index is 2.23. The van der Waals surface area contributed by atoms with Crippen molar-refractivity contribution in [2.24, 2.45) is 0 Å². The summed E-state index contributed by atoms with van der Waals surface area (Å²) in [5.74, 6) is 2.38. The van der Waals surface area contributed by atoms with Crippen molar-refractivity contribution in [2.75, 3.05) is 30.0 Å². The molecule has 100 valence electrons. The molecule has 1 aliphatic rings. The summed E-state index contributed by atoms with van der Waals surface area (Å²) in [6.45, 7) is 5.50. The molecule has 2 unspecified atom stereocenters. The largest absolute Gasteiger partial charge is 0.366 e. The molecule has 0 aromatic heterocycles. The molecule has 1 saturated heterocycles. The van der Waals surface area contributed by atoms with Crippen LogP contribution in [-0.2, 0) is 0 Å². The molecule has 1 heterocycles. The molecule has 18 heavy (non-hydrogen) atoms. The Morgan fingerprint density at radius 2 is 2.28 bits per heavy atom. The summed E-state index contributed by atoms with van der Waals surface area (Å²) in [6.07, 6.45) is 0. The predicted octanol–water partition coefficient (Wildman–Crippen LogP) is 3.56. The summed E-state index contributed by atoms with van der Waals surface area (Å²) < 4.78 is 0. The van der Waals surface area contributed by atoms with Crippen LogP contribution in [0.4, 0.5) is 5.69 Å². The molecule has 0 radical (unpaired) electrons. The van der Waals surface area contributed by atoms with E-state index in [9.17, 15) is 0 Å². The summed E-state index contributed by atoms with van der Waals surface area (Å²) in [5, 5.41) is 4.11. The minimum Gasteiger partial charge on any atom is -0.366 e. The van der Waals surface area contributed by atoms with E-state index in [0.717, 1.165) is 11.6 Å². The van der Waals surface area contributed by atoms with Crippen LogP contribution in [0.1, 0.15) is 25.5 Å². The van der Waals surface area contributed by atoms with Gasteiger partial charge in [-0.2, -0.15) is 11.8 Å². The first-order valence-electron chi connectivity index (χ1n) is 6.44. The van der Waals surface area contributed by atoms with E-state index in [1.54, 1.807) is 0 Å². The first-order chi connectivity index (χ1) is 8.63. The van der Waals surface area contributed by atoms with E-state index in [1.165, 1.54) is 22.8 Å². The third-order valence-corrected chi connectivity index (χ3v) is 5.07. The standard InChI is InChI=1S/C14H21ClN2S/c1-10-9-18-7-6-17(10)14-5-4-12(8-13(14)15)11(2)16-3/h4-5,8,10-11,16H,6-7,9H2,1-3H3. The molecular formula is C14H21ClN2S. The lowest BCUT2D eigenvalue weighted by Gasteiger charge is -2.35. The lowest BCUT2D eigenvalue weighted by molar-refractivity contribution is 0.651. The van der Waals surface area contributed by atoms with E-state index < -0.39 is 0 Å². The van der Waals surface area contributed by atoms with Crippen LogP contribution in [0.15, 0.2) is 18.2 Å². The second-order valence-electron chi connectivity index (χ2n) is 4.84. The molecule has 1 aliphatic heterocycles. The molecule has 1 fully saturated rings. The fourth-order valence-electron chi connectivity index (χ4n) is 2.28. The Kier molecular flexibility index (Phi) is 4.82. The van der Waals surface area contributed by atoms with Gasteiger partial charge in [-0.1, -0.05) is 17.7 Å². The van der Waals surface area contributed by atoms with E-state index in [4.69, 9.17) is 11.6 Å². The Morgan fingerprint density at radius 1 is 1.50 bits per heavy atom. The van der Waals surface area contributed by atoms with Crippen LogP contribution in [0.3, 0.4) is 0 Å². The van der Waals surface area contributed by atoms with Gasteiger partial charge in [0.15, 0.2) is 0 Å². The van der Waals surface area contributed by atoms with E-state index in [1.807, 2.05) is 18.8 Å². The van der Waals surface area contributed by atoms with Crippen LogP contribution >= 0.6 is 23.4 Å². The average Bonchev–Trinajstić information content (AvgIpc) is 2.39. The topological polar surface area (TPSA) is 15.3 Å². The lowest BCUT2D eigenvalue weighted by atomic mass is 10.1. The van der Waals surface area contributed by atoms with Crippen LogP contribution in [0, 0.1) is 0 Å². The number of benzene rings is 1. The molecule has 0 spiro atoms. The van der Waals surface area contributed by atoms with Gasteiger partial charge in [0.25, 0.3) is 0 Å². The van der Waals surface area contributed by atoms with Gasteiger partial charge < -0.3 is 10.2 Å². The van der Waals surface area contributed by atoms with Crippen molar-refractivity contribution < 1.29 is 0 Å². The maximum Gasteiger partial charge on any atom is 0.0643 e.